The number of anilines is 1. The number of nitrogens with zero attached hydrogens (tertiary/aromatic N) is 1. The van der Waals surface area contributed by atoms with Crippen LogP contribution in [0.15, 0.2) is 53.4 Å². The minimum atomic E-state index is -1.19. The highest BCUT2D eigenvalue weighted by atomic mass is 32.2. The zero-order valence-corrected chi connectivity index (χ0v) is 17.3. The number of thioether (sulfide) groups is 1. The number of carbonyl (C=O) groups is 3. The van der Waals surface area contributed by atoms with E-state index in [9.17, 15) is 14.4 Å². The van der Waals surface area contributed by atoms with Gasteiger partial charge in [-0.05, 0) is 48.6 Å². The Kier molecular flexibility index (Phi) is 6.12. The van der Waals surface area contributed by atoms with E-state index in [-0.39, 0.29) is 6.54 Å². The number of imide groups is 1. The van der Waals surface area contributed by atoms with Gasteiger partial charge in [0.15, 0.2) is 0 Å². The fraction of sp³-hybridized carbons (Fsp3) is 0.286. The number of methoxy groups -OCH3 is 1. The molecule has 7 nitrogen and oxygen atoms in total. The van der Waals surface area contributed by atoms with Crippen molar-refractivity contribution < 1.29 is 19.1 Å². The monoisotopic (exact) mass is 413 g/mol. The molecule has 0 bridgehead atoms. The third-order valence-electron chi connectivity index (χ3n) is 4.94. The third-order valence-corrected chi connectivity index (χ3v) is 5.67. The van der Waals surface area contributed by atoms with Crippen molar-refractivity contribution in [1.82, 2.24) is 10.2 Å². The molecule has 2 N–H and O–H groups in total. The highest BCUT2D eigenvalue weighted by molar-refractivity contribution is 7.98. The predicted octanol–water partition coefficient (Wildman–Crippen LogP) is 3.21. The molecule has 0 spiro atoms. The summed E-state index contributed by atoms with van der Waals surface area (Å²) in [4.78, 5) is 40.1. The lowest BCUT2D eigenvalue weighted by Gasteiger charge is -2.26. The fourth-order valence-corrected chi connectivity index (χ4v) is 3.79. The van der Waals surface area contributed by atoms with Crippen LogP contribution in [0.4, 0.5) is 10.5 Å². The van der Waals surface area contributed by atoms with Gasteiger partial charge in [-0.3, -0.25) is 14.5 Å². The van der Waals surface area contributed by atoms with E-state index in [0.29, 0.717) is 23.4 Å². The molecule has 2 aromatic carbocycles. The first kappa shape index (κ1) is 20.7. The van der Waals surface area contributed by atoms with Gasteiger partial charge in [-0.25, -0.2) is 4.79 Å². The minimum absolute atomic E-state index is 0.355. The Balaban J connectivity index is 1.77. The summed E-state index contributed by atoms with van der Waals surface area (Å²) in [6.07, 6.45) is 2.30. The van der Waals surface area contributed by atoms with Gasteiger partial charge in [0.25, 0.3) is 5.91 Å². The van der Waals surface area contributed by atoms with Gasteiger partial charge in [0, 0.05) is 10.6 Å². The molecule has 152 valence electrons. The molecule has 1 atom stereocenters. The molecule has 0 unspecified atom stereocenters. The van der Waals surface area contributed by atoms with Crippen molar-refractivity contribution in [2.75, 3.05) is 25.2 Å². The fourth-order valence-electron chi connectivity index (χ4n) is 3.33. The van der Waals surface area contributed by atoms with Crippen LogP contribution in [0, 0.1) is 0 Å². The topological polar surface area (TPSA) is 87.7 Å². The molecule has 0 aliphatic carbocycles. The molecule has 4 amide bonds. The van der Waals surface area contributed by atoms with Crippen LogP contribution in [0.3, 0.4) is 0 Å². The standard InChI is InChI=1S/C21H23N3O4S/c1-4-21(14-8-10-16(28-2)11-9-14)19(26)24(20(27)23-21)13-18(25)22-15-6-5-7-17(12-15)29-3/h5-12H,4,13H2,1-3H3,(H,22,25)(H,23,27)/t21-/m1/s1. The highest BCUT2D eigenvalue weighted by Gasteiger charge is 2.51. The third kappa shape index (κ3) is 4.07. The molecule has 2 aromatic rings. The van der Waals surface area contributed by atoms with Crippen molar-refractivity contribution >= 4 is 35.3 Å². The molecule has 0 radical (unpaired) electrons. The quantitative estimate of drug-likeness (QED) is 0.538. The summed E-state index contributed by atoms with van der Waals surface area (Å²) in [6, 6.07) is 13.7. The van der Waals surface area contributed by atoms with Gasteiger partial charge in [-0.15, -0.1) is 11.8 Å². The van der Waals surface area contributed by atoms with Crippen molar-refractivity contribution in [2.45, 2.75) is 23.8 Å². The molecule has 1 aliphatic rings. The molecular formula is C21H23N3O4S. The second-order valence-electron chi connectivity index (χ2n) is 6.59. The van der Waals surface area contributed by atoms with E-state index < -0.39 is 23.4 Å². The first-order chi connectivity index (χ1) is 13.9. The van der Waals surface area contributed by atoms with Crippen LogP contribution < -0.4 is 15.4 Å². The van der Waals surface area contributed by atoms with Gasteiger partial charge < -0.3 is 15.4 Å². The number of rotatable bonds is 7. The van der Waals surface area contributed by atoms with E-state index in [1.165, 1.54) is 0 Å². The number of benzene rings is 2. The van der Waals surface area contributed by atoms with Gasteiger partial charge in [0.1, 0.15) is 17.8 Å². The molecule has 0 saturated carbocycles. The lowest BCUT2D eigenvalue weighted by molar-refractivity contribution is -0.134. The van der Waals surface area contributed by atoms with Gasteiger partial charge in [-0.2, -0.15) is 0 Å². The maximum atomic E-state index is 13.1. The van der Waals surface area contributed by atoms with E-state index >= 15 is 0 Å². The van der Waals surface area contributed by atoms with Gasteiger partial charge in [0.2, 0.25) is 5.91 Å². The first-order valence-electron chi connectivity index (χ1n) is 9.16. The summed E-state index contributed by atoms with van der Waals surface area (Å²) in [7, 11) is 1.56. The van der Waals surface area contributed by atoms with Crippen molar-refractivity contribution in [3.8, 4) is 5.75 Å². The number of hydrogen-bond acceptors (Lipinski definition) is 5. The summed E-state index contributed by atoms with van der Waals surface area (Å²) in [5.41, 5.74) is 0.0723. The van der Waals surface area contributed by atoms with Crippen LogP contribution in [0.25, 0.3) is 0 Å². The summed E-state index contributed by atoms with van der Waals surface area (Å²) < 4.78 is 5.16. The molecule has 1 saturated heterocycles. The van der Waals surface area contributed by atoms with E-state index in [4.69, 9.17) is 4.74 Å². The zero-order valence-electron chi connectivity index (χ0n) is 16.5. The normalized spacial score (nSPS) is 18.5. The number of amides is 4. The van der Waals surface area contributed by atoms with Crippen LogP contribution in [-0.2, 0) is 15.1 Å². The molecular weight excluding hydrogens is 390 g/mol. The van der Waals surface area contributed by atoms with E-state index in [1.54, 1.807) is 49.2 Å². The zero-order chi connectivity index (χ0) is 21.0. The Bertz CT molecular complexity index is 932. The van der Waals surface area contributed by atoms with E-state index in [1.807, 2.05) is 31.4 Å². The largest absolute Gasteiger partial charge is 0.497 e. The number of carbonyl (C=O) groups excluding carboxylic acids is 3. The Labute approximate surface area is 173 Å². The van der Waals surface area contributed by atoms with Crippen LogP contribution in [0.2, 0.25) is 0 Å². The smallest absolute Gasteiger partial charge is 0.325 e. The number of ether oxygens (including phenoxy) is 1. The molecule has 1 heterocycles. The Hall–Kier alpha value is -3.00. The minimum Gasteiger partial charge on any atom is -0.497 e. The molecule has 1 fully saturated rings. The molecule has 29 heavy (non-hydrogen) atoms. The molecule has 3 rings (SSSR count). The summed E-state index contributed by atoms with van der Waals surface area (Å²) in [5.74, 6) is -0.225. The molecule has 8 heteroatoms. The van der Waals surface area contributed by atoms with Crippen molar-refractivity contribution in [3.63, 3.8) is 0 Å². The van der Waals surface area contributed by atoms with Gasteiger partial charge in [0.05, 0.1) is 7.11 Å². The molecule has 1 aliphatic heterocycles. The maximum absolute atomic E-state index is 13.1. The molecule has 0 aromatic heterocycles. The van der Waals surface area contributed by atoms with Crippen LogP contribution in [-0.4, -0.2) is 42.7 Å². The summed E-state index contributed by atoms with van der Waals surface area (Å²) in [6.45, 7) is 1.46. The number of nitrogens with one attached hydrogen (secondary N) is 2. The van der Waals surface area contributed by atoms with Crippen molar-refractivity contribution in [1.29, 1.82) is 0 Å². The summed E-state index contributed by atoms with van der Waals surface area (Å²) >= 11 is 1.56. The SMILES string of the molecule is CC[C@]1(c2ccc(OC)cc2)NC(=O)N(CC(=O)Nc2cccc(SC)c2)C1=O. The lowest BCUT2D eigenvalue weighted by atomic mass is 9.87. The Morgan fingerprint density at radius 3 is 2.55 bits per heavy atom. The van der Waals surface area contributed by atoms with Crippen molar-refractivity contribution in [2.24, 2.45) is 0 Å². The van der Waals surface area contributed by atoms with Crippen molar-refractivity contribution in [3.05, 3.63) is 54.1 Å². The second kappa shape index (κ2) is 8.57. The number of hydrogen-bond donors (Lipinski definition) is 2. The maximum Gasteiger partial charge on any atom is 0.325 e. The predicted molar refractivity (Wildman–Crippen MR) is 112 cm³/mol. The highest BCUT2D eigenvalue weighted by Crippen LogP contribution is 2.33. The number of urea groups is 1. The van der Waals surface area contributed by atoms with Crippen LogP contribution in [0.1, 0.15) is 18.9 Å². The second-order valence-corrected chi connectivity index (χ2v) is 7.47. The van der Waals surface area contributed by atoms with E-state index in [0.717, 1.165) is 9.80 Å². The first-order valence-corrected chi connectivity index (χ1v) is 10.4. The van der Waals surface area contributed by atoms with Gasteiger partial charge in [-0.1, -0.05) is 25.1 Å². The lowest BCUT2D eigenvalue weighted by Crippen LogP contribution is -2.44. The van der Waals surface area contributed by atoms with Crippen LogP contribution >= 0.6 is 11.8 Å². The Morgan fingerprint density at radius 2 is 1.93 bits per heavy atom. The Morgan fingerprint density at radius 1 is 1.21 bits per heavy atom. The van der Waals surface area contributed by atoms with Crippen LogP contribution in [0.5, 0.6) is 5.75 Å². The summed E-state index contributed by atoms with van der Waals surface area (Å²) in [5, 5.41) is 5.51. The van der Waals surface area contributed by atoms with E-state index in [2.05, 4.69) is 10.6 Å². The average molecular weight is 413 g/mol. The van der Waals surface area contributed by atoms with Gasteiger partial charge >= 0.3 is 6.03 Å². The average Bonchev–Trinajstić information content (AvgIpc) is 2.99.